The van der Waals surface area contributed by atoms with Crippen LogP contribution in [0, 0.1) is 12.8 Å². The lowest BCUT2D eigenvalue weighted by atomic mass is 10.1. The molecule has 2 amide bonds. The highest BCUT2D eigenvalue weighted by Gasteiger charge is 2.29. The molecule has 0 aromatic carbocycles. The van der Waals surface area contributed by atoms with Gasteiger partial charge in [-0.2, -0.15) is 0 Å². The minimum Gasteiger partial charge on any atom is -0.319 e. The van der Waals surface area contributed by atoms with E-state index in [0.717, 1.165) is 18.4 Å². The molecule has 0 bridgehead atoms. The number of aryl methyl sites for hydroxylation is 1. The number of hydrogen-bond acceptors (Lipinski definition) is 8. The first-order chi connectivity index (χ1) is 17.4. The number of rotatable bonds is 7. The molecule has 0 unspecified atom stereocenters. The van der Waals surface area contributed by atoms with Crippen molar-refractivity contribution < 1.29 is 9.59 Å². The number of amides is 2. The third-order valence-electron chi connectivity index (χ3n) is 5.77. The number of nitrogens with zero attached hydrogens (tertiary/aromatic N) is 7. The fourth-order valence-electron chi connectivity index (χ4n) is 3.54. The van der Waals surface area contributed by atoms with Gasteiger partial charge in [-0.05, 0) is 57.9 Å². The number of carbonyl (C=O) groups excluding carboxylic acids is 2. The maximum Gasteiger partial charge on any atom is 0.277 e. The van der Waals surface area contributed by atoms with Crippen LogP contribution in [0.4, 0.5) is 11.5 Å². The van der Waals surface area contributed by atoms with Crippen molar-refractivity contribution in [2.75, 3.05) is 10.6 Å². The summed E-state index contributed by atoms with van der Waals surface area (Å²) >= 11 is 0. The summed E-state index contributed by atoms with van der Waals surface area (Å²) in [6, 6.07) is 7.28. The third kappa shape index (κ3) is 5.09. The normalized spacial score (nSPS) is 13.0. The minimum absolute atomic E-state index is 0.00431. The Morgan fingerprint density at radius 1 is 1.06 bits per heavy atom. The molecule has 36 heavy (non-hydrogen) atoms. The van der Waals surface area contributed by atoms with Gasteiger partial charge in [0.25, 0.3) is 5.91 Å². The van der Waals surface area contributed by atoms with Gasteiger partial charge >= 0.3 is 0 Å². The Morgan fingerprint density at radius 2 is 1.86 bits per heavy atom. The van der Waals surface area contributed by atoms with Gasteiger partial charge in [0.1, 0.15) is 5.82 Å². The van der Waals surface area contributed by atoms with Crippen LogP contribution in [0.3, 0.4) is 0 Å². The molecule has 4 heterocycles. The standard InChI is InChI=1S/C25H25N9O2/c1-14(2)34-13-21(32-33-34)25(36)29-18-11-19(15(3)28-12-18)23-27-9-7-20(30-23)17-6-8-26-22(10-17)31-24(35)16-4-5-16/h6-14,16H,4-5H2,1-3H3,(H,29,36)(H,26,31,35). The second-order valence-electron chi connectivity index (χ2n) is 8.95. The Labute approximate surface area is 207 Å². The quantitative estimate of drug-likeness (QED) is 0.406. The molecular formula is C25H25N9O2. The maximum atomic E-state index is 12.7. The summed E-state index contributed by atoms with van der Waals surface area (Å²) in [6.07, 6.45) is 8.32. The van der Waals surface area contributed by atoms with Crippen LogP contribution in [0.15, 0.2) is 49.1 Å². The maximum absolute atomic E-state index is 12.7. The zero-order chi connectivity index (χ0) is 25.2. The van der Waals surface area contributed by atoms with Gasteiger partial charge in [-0.3, -0.25) is 14.6 Å². The molecule has 11 nitrogen and oxygen atoms in total. The Hall–Kier alpha value is -4.54. The fraction of sp³-hybridized carbons (Fsp3) is 0.280. The second-order valence-corrected chi connectivity index (χ2v) is 8.95. The number of hydrogen-bond donors (Lipinski definition) is 2. The largest absolute Gasteiger partial charge is 0.319 e. The topological polar surface area (TPSA) is 140 Å². The molecule has 4 aromatic heterocycles. The van der Waals surface area contributed by atoms with Crippen LogP contribution in [0.2, 0.25) is 0 Å². The lowest BCUT2D eigenvalue weighted by Gasteiger charge is -2.10. The first kappa shape index (κ1) is 23.2. The molecular weight excluding hydrogens is 458 g/mol. The molecule has 182 valence electrons. The Morgan fingerprint density at radius 3 is 2.61 bits per heavy atom. The minimum atomic E-state index is -0.384. The van der Waals surface area contributed by atoms with Crippen LogP contribution >= 0.6 is 0 Å². The molecule has 1 fully saturated rings. The average molecular weight is 484 g/mol. The summed E-state index contributed by atoms with van der Waals surface area (Å²) in [7, 11) is 0. The van der Waals surface area contributed by atoms with Gasteiger partial charge in [-0.25, -0.2) is 19.6 Å². The van der Waals surface area contributed by atoms with Crippen LogP contribution in [0.25, 0.3) is 22.6 Å². The van der Waals surface area contributed by atoms with E-state index in [1.807, 2.05) is 26.8 Å². The van der Waals surface area contributed by atoms with Crippen molar-refractivity contribution in [1.82, 2.24) is 34.9 Å². The highest BCUT2D eigenvalue weighted by Crippen LogP contribution is 2.30. The lowest BCUT2D eigenvalue weighted by Crippen LogP contribution is -2.14. The lowest BCUT2D eigenvalue weighted by molar-refractivity contribution is -0.117. The van der Waals surface area contributed by atoms with E-state index in [1.165, 1.54) is 0 Å². The molecule has 4 aromatic rings. The van der Waals surface area contributed by atoms with Gasteiger partial charge in [0.2, 0.25) is 5.91 Å². The molecule has 5 rings (SSSR count). The summed E-state index contributed by atoms with van der Waals surface area (Å²) < 4.78 is 1.62. The molecule has 0 aliphatic heterocycles. The van der Waals surface area contributed by atoms with Crippen LogP contribution in [0.1, 0.15) is 48.9 Å². The van der Waals surface area contributed by atoms with E-state index in [2.05, 4.69) is 35.9 Å². The first-order valence-corrected chi connectivity index (χ1v) is 11.7. The molecule has 1 saturated carbocycles. The first-order valence-electron chi connectivity index (χ1n) is 11.7. The molecule has 0 atom stereocenters. The van der Waals surface area contributed by atoms with Gasteiger partial charge < -0.3 is 10.6 Å². The van der Waals surface area contributed by atoms with Crippen molar-refractivity contribution in [3.8, 4) is 22.6 Å². The van der Waals surface area contributed by atoms with Crippen LogP contribution in [-0.4, -0.2) is 46.7 Å². The molecule has 0 saturated heterocycles. The van der Waals surface area contributed by atoms with Crippen molar-refractivity contribution >= 4 is 23.3 Å². The van der Waals surface area contributed by atoms with Crippen LogP contribution < -0.4 is 10.6 Å². The van der Waals surface area contributed by atoms with Crippen molar-refractivity contribution in [2.45, 2.75) is 39.7 Å². The second kappa shape index (κ2) is 9.61. The predicted octanol–water partition coefficient (Wildman–Crippen LogP) is 3.68. The number of anilines is 2. The molecule has 0 radical (unpaired) electrons. The number of aromatic nitrogens is 7. The van der Waals surface area contributed by atoms with E-state index in [-0.39, 0.29) is 29.5 Å². The Bertz CT molecular complexity index is 1440. The van der Waals surface area contributed by atoms with Gasteiger partial charge in [-0.1, -0.05) is 5.21 Å². The Balaban J connectivity index is 1.38. The zero-order valence-corrected chi connectivity index (χ0v) is 20.1. The Kier molecular flexibility index (Phi) is 6.19. The van der Waals surface area contributed by atoms with E-state index >= 15 is 0 Å². The van der Waals surface area contributed by atoms with Crippen molar-refractivity contribution in [2.24, 2.45) is 5.92 Å². The van der Waals surface area contributed by atoms with Crippen molar-refractivity contribution in [3.63, 3.8) is 0 Å². The van der Waals surface area contributed by atoms with Gasteiger partial charge in [0.15, 0.2) is 11.5 Å². The number of carbonyl (C=O) groups is 2. The highest BCUT2D eigenvalue weighted by atomic mass is 16.2. The monoisotopic (exact) mass is 483 g/mol. The van der Waals surface area contributed by atoms with E-state index < -0.39 is 0 Å². The number of pyridine rings is 2. The number of nitrogens with one attached hydrogen (secondary N) is 2. The predicted molar refractivity (Wildman–Crippen MR) is 133 cm³/mol. The molecule has 1 aliphatic carbocycles. The third-order valence-corrected chi connectivity index (χ3v) is 5.77. The van der Waals surface area contributed by atoms with E-state index in [1.54, 1.807) is 47.7 Å². The average Bonchev–Trinajstić information content (AvgIpc) is 3.61. The van der Waals surface area contributed by atoms with Crippen LogP contribution in [-0.2, 0) is 4.79 Å². The van der Waals surface area contributed by atoms with Crippen molar-refractivity contribution in [1.29, 1.82) is 0 Å². The van der Waals surface area contributed by atoms with Crippen molar-refractivity contribution in [3.05, 3.63) is 60.4 Å². The van der Waals surface area contributed by atoms with E-state index in [9.17, 15) is 9.59 Å². The molecule has 0 spiro atoms. The summed E-state index contributed by atoms with van der Waals surface area (Å²) in [5.41, 5.74) is 3.56. The van der Waals surface area contributed by atoms with Crippen LogP contribution in [0.5, 0.6) is 0 Å². The van der Waals surface area contributed by atoms with Gasteiger partial charge in [0.05, 0.1) is 23.8 Å². The summed E-state index contributed by atoms with van der Waals surface area (Å²) in [5.74, 6) is 0.647. The van der Waals surface area contributed by atoms with Gasteiger partial charge in [0, 0.05) is 41.2 Å². The summed E-state index contributed by atoms with van der Waals surface area (Å²) in [6.45, 7) is 5.76. The van der Waals surface area contributed by atoms with E-state index in [0.29, 0.717) is 34.3 Å². The SMILES string of the molecule is Cc1ncc(NC(=O)c2cn(C(C)C)nn2)cc1-c1nccc(-c2ccnc(NC(=O)C3CC3)c2)n1. The van der Waals surface area contributed by atoms with Gasteiger partial charge in [-0.15, -0.1) is 5.10 Å². The van der Waals surface area contributed by atoms with E-state index in [4.69, 9.17) is 4.98 Å². The molecule has 11 heteroatoms. The fourth-order valence-corrected chi connectivity index (χ4v) is 3.54. The molecule has 1 aliphatic rings. The summed E-state index contributed by atoms with van der Waals surface area (Å²) in [4.78, 5) is 42.6. The summed E-state index contributed by atoms with van der Waals surface area (Å²) in [5, 5.41) is 13.6. The smallest absolute Gasteiger partial charge is 0.277 e. The highest BCUT2D eigenvalue weighted by molar-refractivity contribution is 6.02. The molecule has 2 N–H and O–H groups in total. The zero-order valence-electron chi connectivity index (χ0n) is 20.1.